The third kappa shape index (κ3) is 5.09. The molecule has 1 amide bonds. The van der Waals surface area contributed by atoms with E-state index in [0.29, 0.717) is 36.7 Å². The Kier molecular flexibility index (Phi) is 6.64. The van der Waals surface area contributed by atoms with Gasteiger partial charge in [0.05, 0.1) is 33.5 Å². The summed E-state index contributed by atoms with van der Waals surface area (Å²) in [6.45, 7) is 2.06. The summed E-state index contributed by atoms with van der Waals surface area (Å²) in [6, 6.07) is 5.20. The minimum Gasteiger partial charge on any atom is -0.497 e. The van der Waals surface area contributed by atoms with Crippen LogP contribution in [0.2, 0.25) is 0 Å². The Morgan fingerprint density at radius 2 is 2.30 bits per heavy atom. The molecule has 1 aromatic carbocycles. The summed E-state index contributed by atoms with van der Waals surface area (Å²) in [5, 5.41) is 16.3. The van der Waals surface area contributed by atoms with Crippen molar-refractivity contribution >= 4 is 5.91 Å². The zero-order chi connectivity index (χ0) is 16.7. The Labute approximate surface area is 135 Å². The second-order valence-electron chi connectivity index (χ2n) is 5.36. The number of morpholine rings is 1. The van der Waals surface area contributed by atoms with E-state index in [0.717, 1.165) is 6.54 Å². The molecule has 0 saturated carbocycles. The van der Waals surface area contributed by atoms with Crippen LogP contribution in [0.1, 0.15) is 18.1 Å². The van der Waals surface area contributed by atoms with Gasteiger partial charge in [-0.15, -0.1) is 0 Å². The van der Waals surface area contributed by atoms with Gasteiger partial charge in [-0.25, -0.2) is 0 Å². The van der Waals surface area contributed by atoms with Gasteiger partial charge < -0.3 is 30.0 Å². The van der Waals surface area contributed by atoms with Crippen molar-refractivity contribution in [3.8, 4) is 11.5 Å². The SMILES string of the molecule is COc1ccc(OC)c(C(O)CNC(=O)CC2COCCN2)c1. The summed E-state index contributed by atoms with van der Waals surface area (Å²) < 4.78 is 15.7. The smallest absolute Gasteiger partial charge is 0.221 e. The van der Waals surface area contributed by atoms with Crippen LogP contribution in [0.25, 0.3) is 0 Å². The molecule has 2 atom stereocenters. The fourth-order valence-corrected chi connectivity index (χ4v) is 2.47. The fraction of sp³-hybridized carbons (Fsp3) is 0.562. The van der Waals surface area contributed by atoms with Gasteiger partial charge in [0.25, 0.3) is 0 Å². The Balaban J connectivity index is 1.88. The van der Waals surface area contributed by atoms with E-state index in [2.05, 4.69) is 10.6 Å². The van der Waals surface area contributed by atoms with Gasteiger partial charge in [0.1, 0.15) is 11.5 Å². The summed E-state index contributed by atoms with van der Waals surface area (Å²) in [6.07, 6.45) is -0.554. The van der Waals surface area contributed by atoms with Gasteiger partial charge in [-0.2, -0.15) is 0 Å². The highest BCUT2D eigenvalue weighted by Crippen LogP contribution is 2.29. The van der Waals surface area contributed by atoms with Gasteiger partial charge in [0.2, 0.25) is 5.91 Å². The van der Waals surface area contributed by atoms with Crippen molar-refractivity contribution in [1.82, 2.24) is 10.6 Å². The van der Waals surface area contributed by atoms with E-state index in [1.165, 1.54) is 7.11 Å². The molecule has 1 fully saturated rings. The van der Waals surface area contributed by atoms with Crippen molar-refractivity contribution < 1.29 is 24.1 Å². The molecule has 2 unspecified atom stereocenters. The normalized spacial score (nSPS) is 19.0. The molecule has 128 valence electrons. The first-order valence-electron chi connectivity index (χ1n) is 7.62. The Bertz CT molecular complexity index is 517. The van der Waals surface area contributed by atoms with Crippen LogP contribution in [0.15, 0.2) is 18.2 Å². The number of aliphatic hydroxyl groups is 1. The van der Waals surface area contributed by atoms with Gasteiger partial charge in [-0.3, -0.25) is 4.79 Å². The predicted molar refractivity (Wildman–Crippen MR) is 84.7 cm³/mol. The topological polar surface area (TPSA) is 89.0 Å². The first-order valence-corrected chi connectivity index (χ1v) is 7.62. The lowest BCUT2D eigenvalue weighted by molar-refractivity contribution is -0.122. The number of nitrogens with one attached hydrogen (secondary N) is 2. The average molecular weight is 324 g/mol. The van der Waals surface area contributed by atoms with Crippen LogP contribution in [0.4, 0.5) is 0 Å². The zero-order valence-corrected chi connectivity index (χ0v) is 13.5. The van der Waals surface area contributed by atoms with Crippen LogP contribution in [-0.4, -0.2) is 57.6 Å². The molecule has 3 N–H and O–H groups in total. The van der Waals surface area contributed by atoms with E-state index < -0.39 is 6.10 Å². The molecule has 2 rings (SSSR count). The zero-order valence-electron chi connectivity index (χ0n) is 13.5. The highest BCUT2D eigenvalue weighted by molar-refractivity contribution is 5.76. The van der Waals surface area contributed by atoms with E-state index >= 15 is 0 Å². The summed E-state index contributed by atoms with van der Waals surface area (Å²) >= 11 is 0. The number of rotatable bonds is 7. The second-order valence-corrected chi connectivity index (χ2v) is 5.36. The van der Waals surface area contributed by atoms with Crippen LogP contribution < -0.4 is 20.1 Å². The Hall–Kier alpha value is -1.83. The first kappa shape index (κ1) is 17.5. The van der Waals surface area contributed by atoms with Crippen LogP contribution in [0, 0.1) is 0 Å². The number of amides is 1. The van der Waals surface area contributed by atoms with Gasteiger partial charge in [0.15, 0.2) is 0 Å². The summed E-state index contributed by atoms with van der Waals surface area (Å²) in [4.78, 5) is 12.0. The van der Waals surface area contributed by atoms with Gasteiger partial charge in [-0.05, 0) is 18.2 Å². The quantitative estimate of drug-likeness (QED) is 0.665. The van der Waals surface area contributed by atoms with Gasteiger partial charge in [-0.1, -0.05) is 0 Å². The monoisotopic (exact) mass is 324 g/mol. The number of aliphatic hydroxyl groups excluding tert-OH is 1. The maximum absolute atomic E-state index is 12.0. The minimum absolute atomic E-state index is 0.0206. The van der Waals surface area contributed by atoms with Crippen LogP contribution in [-0.2, 0) is 9.53 Å². The number of hydrogen-bond acceptors (Lipinski definition) is 6. The molecule has 0 aliphatic carbocycles. The van der Waals surface area contributed by atoms with Gasteiger partial charge >= 0.3 is 0 Å². The molecule has 1 saturated heterocycles. The minimum atomic E-state index is -0.875. The molecule has 0 radical (unpaired) electrons. The third-order valence-corrected chi connectivity index (χ3v) is 3.72. The standard InChI is InChI=1S/C16H24N2O5/c1-21-12-3-4-15(22-2)13(8-12)14(19)9-18-16(20)7-11-10-23-6-5-17-11/h3-4,8,11,14,17,19H,5-7,9-10H2,1-2H3,(H,18,20). The maximum atomic E-state index is 12.0. The van der Waals surface area contributed by atoms with Crippen molar-refractivity contribution in [1.29, 1.82) is 0 Å². The summed E-state index contributed by atoms with van der Waals surface area (Å²) in [7, 11) is 3.09. The van der Waals surface area contributed by atoms with E-state index in [4.69, 9.17) is 14.2 Å². The highest BCUT2D eigenvalue weighted by Gasteiger charge is 2.19. The fourth-order valence-electron chi connectivity index (χ4n) is 2.47. The lowest BCUT2D eigenvalue weighted by Gasteiger charge is -2.23. The molecule has 0 spiro atoms. The molecular formula is C16H24N2O5. The largest absolute Gasteiger partial charge is 0.497 e. The molecule has 1 aliphatic heterocycles. The van der Waals surface area contributed by atoms with Crippen LogP contribution in [0.3, 0.4) is 0 Å². The van der Waals surface area contributed by atoms with Crippen molar-refractivity contribution in [2.45, 2.75) is 18.6 Å². The average Bonchev–Trinajstić information content (AvgIpc) is 2.60. The van der Waals surface area contributed by atoms with E-state index in [-0.39, 0.29) is 18.5 Å². The molecule has 23 heavy (non-hydrogen) atoms. The number of hydrogen-bond donors (Lipinski definition) is 3. The van der Waals surface area contributed by atoms with E-state index in [1.807, 2.05) is 0 Å². The number of benzene rings is 1. The number of carbonyl (C=O) groups is 1. The predicted octanol–water partition coefficient (Wildman–Crippen LogP) is 0.232. The molecule has 0 aromatic heterocycles. The summed E-state index contributed by atoms with van der Waals surface area (Å²) in [5.74, 6) is 1.04. The molecule has 7 heteroatoms. The van der Waals surface area contributed by atoms with Crippen molar-refractivity contribution in [3.63, 3.8) is 0 Å². The molecule has 1 aliphatic rings. The molecule has 0 bridgehead atoms. The van der Waals surface area contributed by atoms with Crippen molar-refractivity contribution in [2.75, 3.05) is 40.5 Å². The van der Waals surface area contributed by atoms with Crippen molar-refractivity contribution in [3.05, 3.63) is 23.8 Å². The number of methoxy groups -OCH3 is 2. The summed E-state index contributed by atoms with van der Waals surface area (Å²) in [5.41, 5.74) is 0.575. The van der Waals surface area contributed by atoms with E-state index in [9.17, 15) is 9.90 Å². The molecule has 1 heterocycles. The lowest BCUT2D eigenvalue weighted by atomic mass is 10.1. The highest BCUT2D eigenvalue weighted by atomic mass is 16.5. The number of carbonyl (C=O) groups excluding carboxylic acids is 1. The third-order valence-electron chi connectivity index (χ3n) is 3.72. The van der Waals surface area contributed by atoms with Crippen molar-refractivity contribution in [2.24, 2.45) is 0 Å². The molecular weight excluding hydrogens is 300 g/mol. The van der Waals surface area contributed by atoms with Crippen LogP contribution >= 0.6 is 0 Å². The maximum Gasteiger partial charge on any atom is 0.221 e. The van der Waals surface area contributed by atoms with E-state index in [1.54, 1.807) is 25.3 Å². The Morgan fingerprint density at radius 1 is 1.48 bits per heavy atom. The first-order chi connectivity index (χ1) is 11.1. The van der Waals surface area contributed by atoms with Crippen LogP contribution in [0.5, 0.6) is 11.5 Å². The molecule has 1 aromatic rings. The lowest BCUT2D eigenvalue weighted by Crippen LogP contribution is -2.44. The second kappa shape index (κ2) is 8.71. The molecule has 7 nitrogen and oxygen atoms in total. The number of ether oxygens (including phenoxy) is 3. The van der Waals surface area contributed by atoms with Gasteiger partial charge in [0, 0.05) is 31.1 Å². The Morgan fingerprint density at radius 3 is 2.96 bits per heavy atom.